The van der Waals surface area contributed by atoms with E-state index in [0.717, 1.165) is 38.5 Å². The zero-order valence-electron chi connectivity index (χ0n) is 16.1. The molecule has 0 atom stereocenters. The SMILES string of the molecule is O=C(CCNC(=O)C12CC3CC(CC(C3)C1)C2)NC1(C(=O)O)CCCCC1. The van der Waals surface area contributed by atoms with Crippen LogP contribution in [0.15, 0.2) is 0 Å². The number of hydrogen-bond acceptors (Lipinski definition) is 3. The predicted octanol–water partition coefficient (Wildman–Crippen LogP) is 2.61. The van der Waals surface area contributed by atoms with E-state index in [4.69, 9.17) is 0 Å². The Bertz CT molecular complexity index is 588. The van der Waals surface area contributed by atoms with Gasteiger partial charge < -0.3 is 15.7 Å². The maximum Gasteiger partial charge on any atom is 0.329 e. The molecule has 0 aromatic carbocycles. The van der Waals surface area contributed by atoms with Crippen LogP contribution in [0, 0.1) is 23.2 Å². The second-order valence-corrected chi connectivity index (χ2v) is 9.70. The Kier molecular flexibility index (Phi) is 4.93. The predicted molar refractivity (Wildman–Crippen MR) is 99.8 cm³/mol. The summed E-state index contributed by atoms with van der Waals surface area (Å²) in [7, 11) is 0. The summed E-state index contributed by atoms with van der Waals surface area (Å²) in [5, 5.41) is 15.3. The normalized spacial score (nSPS) is 36.2. The lowest BCUT2D eigenvalue weighted by atomic mass is 9.49. The van der Waals surface area contributed by atoms with Gasteiger partial charge in [-0.2, -0.15) is 0 Å². The summed E-state index contributed by atoms with van der Waals surface area (Å²) in [6, 6.07) is 0. The summed E-state index contributed by atoms with van der Waals surface area (Å²) in [6.45, 7) is 0.294. The number of hydrogen-bond donors (Lipinski definition) is 3. The van der Waals surface area contributed by atoms with Crippen molar-refractivity contribution in [2.24, 2.45) is 23.2 Å². The van der Waals surface area contributed by atoms with Crippen molar-refractivity contribution in [1.29, 1.82) is 0 Å². The van der Waals surface area contributed by atoms with Gasteiger partial charge in [0.1, 0.15) is 5.54 Å². The molecule has 4 bridgehead atoms. The van der Waals surface area contributed by atoms with Crippen molar-refractivity contribution in [1.82, 2.24) is 10.6 Å². The summed E-state index contributed by atoms with van der Waals surface area (Å²) in [5.41, 5.74) is -1.31. The van der Waals surface area contributed by atoms with Crippen LogP contribution in [0.4, 0.5) is 0 Å². The second kappa shape index (κ2) is 7.10. The number of nitrogens with one attached hydrogen (secondary N) is 2. The molecule has 2 amide bonds. The third-order valence-electron chi connectivity index (χ3n) is 7.65. The highest BCUT2D eigenvalue weighted by Crippen LogP contribution is 2.60. The molecule has 5 aliphatic rings. The Hall–Kier alpha value is -1.59. The highest BCUT2D eigenvalue weighted by atomic mass is 16.4. The van der Waals surface area contributed by atoms with E-state index in [1.165, 1.54) is 19.3 Å². The standard InChI is InChI=1S/C21H32N2O4/c24-17(23-21(19(26)27)5-2-1-3-6-21)4-7-22-18(25)20-11-14-8-15(12-20)10-16(9-14)13-20/h14-16H,1-13H2,(H,22,25)(H,23,24)(H,26,27). The fourth-order valence-corrected chi connectivity index (χ4v) is 6.74. The van der Waals surface area contributed by atoms with E-state index in [9.17, 15) is 19.5 Å². The summed E-state index contributed by atoms with van der Waals surface area (Å²) in [4.78, 5) is 36.9. The van der Waals surface area contributed by atoms with Gasteiger partial charge in [-0.15, -0.1) is 0 Å². The molecule has 0 aromatic heterocycles. The topological polar surface area (TPSA) is 95.5 Å². The lowest BCUT2D eigenvalue weighted by Gasteiger charge is -2.55. The maximum atomic E-state index is 12.9. The molecule has 5 fully saturated rings. The Morgan fingerprint density at radius 2 is 1.44 bits per heavy atom. The third-order valence-corrected chi connectivity index (χ3v) is 7.65. The fourth-order valence-electron chi connectivity index (χ4n) is 6.74. The van der Waals surface area contributed by atoms with Gasteiger partial charge in [-0.1, -0.05) is 19.3 Å². The Morgan fingerprint density at radius 1 is 0.889 bits per heavy atom. The van der Waals surface area contributed by atoms with Gasteiger partial charge in [-0.3, -0.25) is 9.59 Å². The number of amides is 2. The van der Waals surface area contributed by atoms with Crippen molar-refractivity contribution in [3.05, 3.63) is 0 Å². The highest BCUT2D eigenvalue weighted by molar-refractivity contribution is 5.88. The van der Waals surface area contributed by atoms with Gasteiger partial charge in [0.05, 0.1) is 0 Å². The van der Waals surface area contributed by atoms with Gasteiger partial charge in [0, 0.05) is 18.4 Å². The molecular formula is C21H32N2O4. The highest BCUT2D eigenvalue weighted by Gasteiger charge is 2.54. The first-order chi connectivity index (χ1) is 12.9. The average Bonchev–Trinajstić information content (AvgIpc) is 2.61. The molecule has 0 aliphatic heterocycles. The van der Waals surface area contributed by atoms with Crippen LogP contribution in [-0.2, 0) is 14.4 Å². The van der Waals surface area contributed by atoms with Crippen LogP contribution in [0.5, 0.6) is 0 Å². The van der Waals surface area contributed by atoms with Crippen LogP contribution in [0.3, 0.4) is 0 Å². The van der Waals surface area contributed by atoms with Gasteiger partial charge in [-0.25, -0.2) is 4.79 Å². The summed E-state index contributed by atoms with van der Waals surface area (Å²) in [6.07, 6.45) is 10.7. The molecule has 0 unspecified atom stereocenters. The molecule has 0 heterocycles. The number of carbonyl (C=O) groups excluding carboxylic acids is 2. The van der Waals surface area contributed by atoms with E-state index >= 15 is 0 Å². The molecule has 3 N–H and O–H groups in total. The van der Waals surface area contributed by atoms with E-state index in [1.807, 2.05) is 0 Å². The van der Waals surface area contributed by atoms with Crippen LogP contribution in [-0.4, -0.2) is 35.0 Å². The first-order valence-electron chi connectivity index (χ1n) is 10.7. The van der Waals surface area contributed by atoms with Gasteiger partial charge in [0.15, 0.2) is 0 Å². The van der Waals surface area contributed by atoms with Gasteiger partial charge in [0.2, 0.25) is 11.8 Å². The number of rotatable bonds is 6. The molecule has 6 nitrogen and oxygen atoms in total. The van der Waals surface area contributed by atoms with Gasteiger partial charge >= 0.3 is 5.97 Å². The summed E-state index contributed by atoms with van der Waals surface area (Å²) >= 11 is 0. The number of carbonyl (C=O) groups is 3. The van der Waals surface area contributed by atoms with Crippen molar-refractivity contribution >= 4 is 17.8 Å². The molecule has 5 rings (SSSR count). The molecule has 0 saturated heterocycles. The van der Waals surface area contributed by atoms with Crippen molar-refractivity contribution in [2.45, 2.75) is 82.6 Å². The largest absolute Gasteiger partial charge is 0.480 e. The van der Waals surface area contributed by atoms with Crippen LogP contribution < -0.4 is 10.6 Å². The van der Waals surface area contributed by atoms with E-state index in [2.05, 4.69) is 10.6 Å². The summed E-state index contributed by atoms with van der Waals surface area (Å²) < 4.78 is 0. The molecule has 5 aliphatic carbocycles. The molecular weight excluding hydrogens is 344 g/mol. The minimum Gasteiger partial charge on any atom is -0.480 e. The molecule has 27 heavy (non-hydrogen) atoms. The van der Waals surface area contributed by atoms with E-state index in [1.54, 1.807) is 0 Å². The van der Waals surface area contributed by atoms with Crippen LogP contribution in [0.1, 0.15) is 77.0 Å². The van der Waals surface area contributed by atoms with E-state index in [-0.39, 0.29) is 23.7 Å². The lowest BCUT2D eigenvalue weighted by molar-refractivity contribution is -0.149. The number of carboxylic acids is 1. The van der Waals surface area contributed by atoms with Crippen LogP contribution in [0.25, 0.3) is 0 Å². The van der Waals surface area contributed by atoms with Crippen molar-refractivity contribution < 1.29 is 19.5 Å². The lowest BCUT2D eigenvalue weighted by Crippen LogP contribution is -2.56. The molecule has 150 valence electrons. The van der Waals surface area contributed by atoms with Crippen LogP contribution >= 0.6 is 0 Å². The quantitative estimate of drug-likeness (QED) is 0.664. The zero-order chi connectivity index (χ0) is 19.1. The molecule has 0 spiro atoms. The monoisotopic (exact) mass is 376 g/mol. The Balaban J connectivity index is 1.27. The van der Waals surface area contributed by atoms with Gasteiger partial charge in [0.25, 0.3) is 0 Å². The summed E-state index contributed by atoms with van der Waals surface area (Å²) in [5.74, 6) is 1.06. The first kappa shape index (κ1) is 18.8. The van der Waals surface area contributed by atoms with Gasteiger partial charge in [-0.05, 0) is 69.1 Å². The van der Waals surface area contributed by atoms with Crippen molar-refractivity contribution in [3.8, 4) is 0 Å². The Labute approximate surface area is 160 Å². The van der Waals surface area contributed by atoms with E-state index < -0.39 is 11.5 Å². The second-order valence-electron chi connectivity index (χ2n) is 9.70. The zero-order valence-corrected chi connectivity index (χ0v) is 16.1. The van der Waals surface area contributed by atoms with Crippen molar-refractivity contribution in [2.75, 3.05) is 6.54 Å². The number of aliphatic carboxylic acids is 1. The smallest absolute Gasteiger partial charge is 0.329 e. The molecule has 5 saturated carbocycles. The molecule has 0 radical (unpaired) electrons. The minimum absolute atomic E-state index is 0.125. The third kappa shape index (κ3) is 3.59. The van der Waals surface area contributed by atoms with E-state index in [0.29, 0.717) is 37.1 Å². The van der Waals surface area contributed by atoms with Crippen LogP contribution in [0.2, 0.25) is 0 Å². The minimum atomic E-state index is -1.11. The maximum absolute atomic E-state index is 12.9. The fraction of sp³-hybridized carbons (Fsp3) is 0.857. The first-order valence-corrected chi connectivity index (χ1v) is 10.7. The van der Waals surface area contributed by atoms with Crippen molar-refractivity contribution in [3.63, 3.8) is 0 Å². The molecule has 0 aromatic rings. The molecule has 6 heteroatoms. The number of carboxylic acid groups (broad SMARTS) is 1. The average molecular weight is 376 g/mol. The Morgan fingerprint density at radius 3 is 1.96 bits per heavy atom.